The van der Waals surface area contributed by atoms with Gasteiger partial charge in [0.1, 0.15) is 0 Å². The van der Waals surface area contributed by atoms with Crippen molar-refractivity contribution in [2.24, 2.45) is 0 Å². The topological polar surface area (TPSA) is 71.1 Å². The SMILES string of the molecule is CC(=O)NCCc1ccc(-c2csc(NC(=O)C=C(C)C)n2)cc1. The molecule has 0 fully saturated rings. The van der Waals surface area contributed by atoms with Crippen molar-refractivity contribution in [2.45, 2.75) is 27.2 Å². The monoisotopic (exact) mass is 343 g/mol. The van der Waals surface area contributed by atoms with Crippen LogP contribution >= 0.6 is 11.3 Å². The number of rotatable bonds is 6. The fourth-order valence-electron chi connectivity index (χ4n) is 2.09. The van der Waals surface area contributed by atoms with Gasteiger partial charge in [-0.15, -0.1) is 11.3 Å². The molecule has 24 heavy (non-hydrogen) atoms. The predicted octanol–water partition coefficient (Wildman–Crippen LogP) is 3.39. The molecule has 1 aromatic heterocycles. The lowest BCUT2D eigenvalue weighted by atomic mass is 10.1. The third-order valence-corrected chi connectivity index (χ3v) is 3.95. The zero-order valence-corrected chi connectivity index (χ0v) is 14.9. The van der Waals surface area contributed by atoms with Gasteiger partial charge < -0.3 is 5.32 Å². The number of aromatic nitrogens is 1. The average Bonchev–Trinajstić information content (AvgIpc) is 2.95. The lowest BCUT2D eigenvalue weighted by molar-refractivity contribution is -0.119. The number of allylic oxidation sites excluding steroid dienone is 1. The minimum absolute atomic E-state index is 0.0169. The van der Waals surface area contributed by atoms with Crippen molar-refractivity contribution >= 4 is 28.3 Å². The van der Waals surface area contributed by atoms with E-state index in [1.165, 1.54) is 18.3 Å². The van der Waals surface area contributed by atoms with E-state index >= 15 is 0 Å². The second-order valence-electron chi connectivity index (χ2n) is 5.68. The van der Waals surface area contributed by atoms with Gasteiger partial charge in [-0.05, 0) is 25.8 Å². The second-order valence-corrected chi connectivity index (χ2v) is 6.54. The Balaban J connectivity index is 1.98. The summed E-state index contributed by atoms with van der Waals surface area (Å²) in [5.74, 6) is -0.180. The minimum Gasteiger partial charge on any atom is -0.356 e. The van der Waals surface area contributed by atoms with Gasteiger partial charge in [-0.25, -0.2) is 4.98 Å². The molecule has 0 atom stereocenters. The third kappa shape index (κ3) is 5.62. The van der Waals surface area contributed by atoms with E-state index in [0.29, 0.717) is 11.7 Å². The number of benzene rings is 1. The van der Waals surface area contributed by atoms with E-state index in [0.717, 1.165) is 28.8 Å². The van der Waals surface area contributed by atoms with E-state index in [4.69, 9.17) is 0 Å². The van der Waals surface area contributed by atoms with Gasteiger partial charge in [0.15, 0.2) is 5.13 Å². The number of amides is 2. The third-order valence-electron chi connectivity index (χ3n) is 3.19. The minimum atomic E-state index is -0.163. The maximum atomic E-state index is 11.7. The normalized spacial score (nSPS) is 10.1. The van der Waals surface area contributed by atoms with E-state index in [1.807, 2.05) is 43.5 Å². The lowest BCUT2D eigenvalue weighted by Gasteiger charge is -2.03. The van der Waals surface area contributed by atoms with Crippen molar-refractivity contribution < 1.29 is 9.59 Å². The predicted molar refractivity (Wildman–Crippen MR) is 98.0 cm³/mol. The molecule has 2 aromatic rings. The molecule has 0 unspecified atom stereocenters. The summed E-state index contributed by atoms with van der Waals surface area (Å²) >= 11 is 1.40. The first-order valence-corrected chi connectivity index (χ1v) is 8.57. The van der Waals surface area contributed by atoms with Crippen LogP contribution < -0.4 is 10.6 Å². The standard InChI is InChI=1S/C18H21N3O2S/c1-12(2)10-17(23)21-18-20-16(11-24-18)15-6-4-14(5-7-15)8-9-19-13(3)22/h4-7,10-11H,8-9H2,1-3H3,(H,19,22)(H,20,21,23). The van der Waals surface area contributed by atoms with Crippen LogP contribution in [0.1, 0.15) is 26.3 Å². The smallest absolute Gasteiger partial charge is 0.250 e. The summed E-state index contributed by atoms with van der Waals surface area (Å²) in [4.78, 5) is 27.0. The summed E-state index contributed by atoms with van der Waals surface area (Å²) in [6.07, 6.45) is 2.34. The van der Waals surface area contributed by atoms with Crippen LogP contribution in [-0.4, -0.2) is 23.3 Å². The van der Waals surface area contributed by atoms with Gasteiger partial charge in [-0.3, -0.25) is 14.9 Å². The molecule has 0 aliphatic rings. The first kappa shape index (κ1) is 17.9. The molecule has 0 aliphatic carbocycles. The number of anilines is 1. The highest BCUT2D eigenvalue weighted by molar-refractivity contribution is 7.14. The number of nitrogens with zero attached hydrogens (tertiary/aromatic N) is 1. The van der Waals surface area contributed by atoms with Crippen molar-refractivity contribution in [1.29, 1.82) is 0 Å². The van der Waals surface area contributed by atoms with E-state index < -0.39 is 0 Å². The van der Waals surface area contributed by atoms with Gasteiger partial charge in [0.2, 0.25) is 11.8 Å². The number of carbonyl (C=O) groups excluding carboxylic acids is 2. The first-order valence-electron chi connectivity index (χ1n) is 7.69. The molecule has 0 spiro atoms. The molecule has 0 saturated heterocycles. The number of hydrogen-bond acceptors (Lipinski definition) is 4. The van der Waals surface area contributed by atoms with Crippen LogP contribution in [0.2, 0.25) is 0 Å². The Hall–Kier alpha value is -2.47. The summed E-state index contributed by atoms with van der Waals surface area (Å²) in [5, 5.41) is 8.05. The molecule has 5 nitrogen and oxygen atoms in total. The molecule has 0 aliphatic heterocycles. The zero-order chi connectivity index (χ0) is 17.5. The molecule has 126 valence electrons. The van der Waals surface area contributed by atoms with Gasteiger partial charge in [0, 0.05) is 30.5 Å². The summed E-state index contributed by atoms with van der Waals surface area (Å²) in [7, 11) is 0. The van der Waals surface area contributed by atoms with Gasteiger partial charge in [-0.1, -0.05) is 29.8 Å². The summed E-state index contributed by atoms with van der Waals surface area (Å²) < 4.78 is 0. The first-order chi connectivity index (χ1) is 11.4. The fraction of sp³-hybridized carbons (Fsp3) is 0.278. The van der Waals surface area contributed by atoms with Crippen LogP contribution in [0.15, 0.2) is 41.3 Å². The summed E-state index contributed by atoms with van der Waals surface area (Å²) in [6.45, 7) is 5.89. The Morgan fingerprint density at radius 1 is 1.17 bits per heavy atom. The molecule has 2 N–H and O–H groups in total. The number of nitrogens with one attached hydrogen (secondary N) is 2. The van der Waals surface area contributed by atoms with Crippen molar-refractivity contribution in [1.82, 2.24) is 10.3 Å². The zero-order valence-electron chi connectivity index (χ0n) is 14.1. The molecule has 0 saturated carbocycles. The molecule has 2 amide bonds. The van der Waals surface area contributed by atoms with E-state index in [2.05, 4.69) is 15.6 Å². The Morgan fingerprint density at radius 2 is 1.88 bits per heavy atom. The Labute approximate surface area is 145 Å². The number of thiazole rings is 1. The van der Waals surface area contributed by atoms with Gasteiger partial charge >= 0.3 is 0 Å². The summed E-state index contributed by atoms with van der Waals surface area (Å²) in [5.41, 5.74) is 3.93. The largest absolute Gasteiger partial charge is 0.356 e. The quantitative estimate of drug-likeness (QED) is 0.790. The average molecular weight is 343 g/mol. The van der Waals surface area contributed by atoms with Crippen molar-refractivity contribution in [3.63, 3.8) is 0 Å². The van der Waals surface area contributed by atoms with Crippen molar-refractivity contribution in [3.8, 4) is 11.3 Å². The van der Waals surface area contributed by atoms with Crippen LogP contribution in [0.3, 0.4) is 0 Å². The van der Waals surface area contributed by atoms with Gasteiger partial charge in [0.05, 0.1) is 5.69 Å². The molecular formula is C18H21N3O2S. The molecule has 0 radical (unpaired) electrons. The highest BCUT2D eigenvalue weighted by atomic mass is 32.1. The molecule has 2 rings (SSSR count). The van der Waals surface area contributed by atoms with E-state index in [1.54, 1.807) is 6.08 Å². The highest BCUT2D eigenvalue weighted by Gasteiger charge is 2.07. The number of carbonyl (C=O) groups is 2. The Morgan fingerprint density at radius 3 is 2.50 bits per heavy atom. The Kier molecular flexibility index (Phi) is 6.26. The van der Waals surface area contributed by atoms with Crippen LogP contribution in [0.5, 0.6) is 0 Å². The van der Waals surface area contributed by atoms with E-state index in [9.17, 15) is 9.59 Å². The second kappa shape index (κ2) is 8.40. The fourth-order valence-corrected chi connectivity index (χ4v) is 2.82. The maximum absolute atomic E-state index is 11.7. The van der Waals surface area contributed by atoms with Gasteiger partial charge in [-0.2, -0.15) is 0 Å². The van der Waals surface area contributed by atoms with Crippen LogP contribution in [0.4, 0.5) is 5.13 Å². The summed E-state index contributed by atoms with van der Waals surface area (Å²) in [6, 6.07) is 8.05. The van der Waals surface area contributed by atoms with Gasteiger partial charge in [0.25, 0.3) is 0 Å². The maximum Gasteiger partial charge on any atom is 0.250 e. The van der Waals surface area contributed by atoms with Crippen LogP contribution in [0.25, 0.3) is 11.3 Å². The molecular weight excluding hydrogens is 322 g/mol. The van der Waals surface area contributed by atoms with Crippen LogP contribution in [-0.2, 0) is 16.0 Å². The Bertz CT molecular complexity index is 744. The molecule has 1 heterocycles. The molecule has 6 heteroatoms. The van der Waals surface area contributed by atoms with Crippen LogP contribution in [0, 0.1) is 0 Å². The van der Waals surface area contributed by atoms with Crippen molar-refractivity contribution in [3.05, 3.63) is 46.9 Å². The molecule has 0 bridgehead atoms. The van der Waals surface area contributed by atoms with Crippen molar-refractivity contribution in [2.75, 3.05) is 11.9 Å². The molecule has 1 aromatic carbocycles. The highest BCUT2D eigenvalue weighted by Crippen LogP contribution is 2.25. The van der Waals surface area contributed by atoms with E-state index in [-0.39, 0.29) is 11.8 Å². The number of hydrogen-bond donors (Lipinski definition) is 2. The lowest BCUT2D eigenvalue weighted by Crippen LogP contribution is -2.22.